The van der Waals surface area contributed by atoms with Crippen molar-refractivity contribution in [1.29, 1.82) is 0 Å². The molecule has 0 radical (unpaired) electrons. The van der Waals surface area contributed by atoms with Gasteiger partial charge in [-0.3, -0.25) is 19.3 Å². The summed E-state index contributed by atoms with van der Waals surface area (Å²) in [5.41, 5.74) is 0. The topological polar surface area (TPSA) is 79.4 Å². The van der Waals surface area contributed by atoms with E-state index >= 15 is 0 Å². The average molecular weight is 693 g/mol. The van der Waals surface area contributed by atoms with Crippen molar-refractivity contribution < 1.29 is 14.4 Å². The van der Waals surface area contributed by atoms with Gasteiger partial charge in [-0.1, -0.05) is 68.7 Å². The maximum Gasteiger partial charge on any atom is 0.222 e. The van der Waals surface area contributed by atoms with Gasteiger partial charge in [-0.15, -0.1) is 0 Å². The highest BCUT2D eigenvalue weighted by Crippen LogP contribution is 2.20. The van der Waals surface area contributed by atoms with Crippen molar-refractivity contribution >= 4 is 17.5 Å². The van der Waals surface area contributed by atoms with Gasteiger partial charge in [0.15, 0.2) is 5.78 Å². The first kappa shape index (κ1) is 45.6. The molecule has 0 aromatic rings. The Balaban J connectivity index is 0.000000327. The number of rotatable bonds is 9. The molecule has 1 N–H and O–H groups in total. The monoisotopic (exact) mass is 693 g/mol. The van der Waals surface area contributed by atoms with Gasteiger partial charge in [-0.05, 0) is 98.3 Å². The van der Waals surface area contributed by atoms with Crippen molar-refractivity contribution in [2.75, 3.05) is 93.1 Å². The number of nitrogens with one attached hydrogen (secondary N) is 1. The van der Waals surface area contributed by atoms with Gasteiger partial charge in [-0.2, -0.15) is 0 Å². The first-order valence-corrected chi connectivity index (χ1v) is 19.9. The van der Waals surface area contributed by atoms with E-state index in [9.17, 15) is 14.4 Å². The van der Waals surface area contributed by atoms with Crippen LogP contribution in [0.5, 0.6) is 0 Å². The van der Waals surface area contributed by atoms with Crippen LogP contribution in [-0.4, -0.2) is 147 Å². The summed E-state index contributed by atoms with van der Waals surface area (Å²) in [6, 6.07) is 0.616. The molecule has 4 saturated heterocycles. The predicted octanol–water partition coefficient (Wildman–Crippen LogP) is 5.38. The fraction of sp³-hybridized carbons (Fsp3) is 0.925. The summed E-state index contributed by atoms with van der Waals surface area (Å²) >= 11 is 0. The van der Waals surface area contributed by atoms with E-state index in [2.05, 4.69) is 71.7 Å². The Morgan fingerprint density at radius 2 is 1.18 bits per heavy atom. The third-order valence-electron chi connectivity index (χ3n) is 10.4. The van der Waals surface area contributed by atoms with E-state index in [-0.39, 0.29) is 29.7 Å². The molecule has 49 heavy (non-hydrogen) atoms. The van der Waals surface area contributed by atoms with Gasteiger partial charge in [0, 0.05) is 69.0 Å². The Labute approximate surface area is 303 Å². The molecule has 1 amide bonds. The van der Waals surface area contributed by atoms with Crippen LogP contribution in [0.4, 0.5) is 0 Å². The summed E-state index contributed by atoms with van der Waals surface area (Å²) in [5, 5.41) is 3.07. The molecule has 4 heterocycles. The maximum atomic E-state index is 11.7. The fourth-order valence-corrected chi connectivity index (χ4v) is 7.01. The van der Waals surface area contributed by atoms with Crippen molar-refractivity contribution in [3.05, 3.63) is 0 Å². The summed E-state index contributed by atoms with van der Waals surface area (Å²) in [7, 11) is 6.28. The van der Waals surface area contributed by atoms with Crippen molar-refractivity contribution in [1.82, 2.24) is 29.8 Å². The van der Waals surface area contributed by atoms with E-state index in [0.29, 0.717) is 23.5 Å². The zero-order chi connectivity index (χ0) is 37.1. The molecule has 2 unspecified atom stereocenters. The molecule has 0 aliphatic carbocycles. The van der Waals surface area contributed by atoms with Crippen LogP contribution in [0.25, 0.3) is 0 Å². The molecule has 0 aromatic carbocycles. The Morgan fingerprint density at radius 1 is 0.612 bits per heavy atom. The molecule has 0 saturated carbocycles. The van der Waals surface area contributed by atoms with Crippen LogP contribution in [0.1, 0.15) is 107 Å². The largest absolute Gasteiger partial charge is 0.353 e. The smallest absolute Gasteiger partial charge is 0.222 e. The van der Waals surface area contributed by atoms with Gasteiger partial charge in [-0.25, -0.2) is 0 Å². The van der Waals surface area contributed by atoms with Crippen LogP contribution < -0.4 is 5.32 Å². The Bertz CT molecular complexity index is 910. The number of amides is 1. The number of ketones is 2. The van der Waals surface area contributed by atoms with Crippen LogP contribution in [0.15, 0.2) is 0 Å². The fourth-order valence-electron chi connectivity index (χ4n) is 7.01. The van der Waals surface area contributed by atoms with Crippen LogP contribution in [-0.2, 0) is 14.4 Å². The van der Waals surface area contributed by atoms with Crippen molar-refractivity contribution in [3.8, 4) is 0 Å². The van der Waals surface area contributed by atoms with E-state index in [4.69, 9.17) is 0 Å². The zero-order valence-corrected chi connectivity index (χ0v) is 34.2. The summed E-state index contributed by atoms with van der Waals surface area (Å²) in [6.45, 7) is 31.7. The molecular formula is C40H80N6O3. The van der Waals surface area contributed by atoms with E-state index in [1.165, 1.54) is 58.5 Å². The second-order valence-electron chi connectivity index (χ2n) is 16.6. The van der Waals surface area contributed by atoms with E-state index in [0.717, 1.165) is 64.3 Å². The molecule has 288 valence electrons. The molecular weight excluding hydrogens is 612 g/mol. The second-order valence-corrected chi connectivity index (χ2v) is 16.6. The summed E-state index contributed by atoms with van der Waals surface area (Å²) in [6.07, 6.45) is 7.99. The minimum Gasteiger partial charge on any atom is -0.353 e. The molecule has 4 aliphatic rings. The standard InChI is InChI=1S/C10H20N2O.C10H22N2.2C10H19NO/c1-8(2)10(13)11-9-4-6-12(3)7-5-9;1-4-11-5-7-12(8-6-11)9-10(2)3;1-8(2)10(12)9-5-4-6-11(3)7-9;1-8(2)10(12)9-6-4-5-7-11(9)3/h8-9H,4-7H2,1-3H3,(H,11,13);10H,4-9H2,1-3H3;2*8-9H,4-7H2,1-3H3. The van der Waals surface area contributed by atoms with Gasteiger partial charge in [0.1, 0.15) is 5.78 Å². The number of piperidine rings is 3. The van der Waals surface area contributed by atoms with Crippen molar-refractivity contribution in [2.24, 2.45) is 29.6 Å². The Kier molecular flexibility index (Phi) is 23.0. The molecule has 0 spiro atoms. The van der Waals surface area contributed by atoms with Gasteiger partial charge in [0.05, 0.1) is 6.04 Å². The van der Waals surface area contributed by atoms with Gasteiger partial charge < -0.3 is 24.9 Å². The lowest BCUT2D eigenvalue weighted by atomic mass is 9.88. The molecule has 4 aliphatic heterocycles. The minimum absolute atomic E-state index is 0.111. The normalized spacial score (nSPS) is 23.7. The molecule has 9 heteroatoms. The first-order valence-electron chi connectivity index (χ1n) is 19.9. The average Bonchev–Trinajstić information content (AvgIpc) is 3.06. The molecule has 0 aromatic heterocycles. The Morgan fingerprint density at radius 3 is 1.65 bits per heavy atom. The number of hydrogen-bond donors (Lipinski definition) is 1. The molecule has 4 fully saturated rings. The molecule has 9 nitrogen and oxygen atoms in total. The number of piperazine rings is 1. The number of Topliss-reactive ketones (excluding diaryl/α,β-unsaturated/α-hetero) is 2. The highest BCUT2D eigenvalue weighted by molar-refractivity contribution is 5.85. The number of carbonyl (C=O) groups is 3. The first-order chi connectivity index (χ1) is 23.0. The quantitative estimate of drug-likeness (QED) is 0.345. The zero-order valence-electron chi connectivity index (χ0n) is 34.2. The number of likely N-dealkylation sites (tertiary alicyclic amines) is 3. The predicted molar refractivity (Wildman–Crippen MR) is 207 cm³/mol. The third-order valence-corrected chi connectivity index (χ3v) is 10.4. The highest BCUT2D eigenvalue weighted by Gasteiger charge is 2.27. The van der Waals surface area contributed by atoms with E-state index in [1.807, 2.05) is 41.5 Å². The summed E-state index contributed by atoms with van der Waals surface area (Å²) in [5.74, 6) is 2.69. The lowest BCUT2D eigenvalue weighted by Crippen LogP contribution is -2.47. The summed E-state index contributed by atoms with van der Waals surface area (Å²) < 4.78 is 0. The van der Waals surface area contributed by atoms with Gasteiger partial charge in [0.2, 0.25) is 5.91 Å². The van der Waals surface area contributed by atoms with E-state index < -0.39 is 0 Å². The number of carbonyl (C=O) groups excluding carboxylic acids is 3. The van der Waals surface area contributed by atoms with Crippen LogP contribution in [0.2, 0.25) is 0 Å². The van der Waals surface area contributed by atoms with Crippen LogP contribution >= 0.6 is 0 Å². The minimum atomic E-state index is 0.111. The van der Waals surface area contributed by atoms with Crippen LogP contribution in [0, 0.1) is 29.6 Å². The van der Waals surface area contributed by atoms with Crippen LogP contribution in [0.3, 0.4) is 0 Å². The lowest BCUT2D eigenvalue weighted by Gasteiger charge is -2.34. The molecule has 2 atom stereocenters. The lowest BCUT2D eigenvalue weighted by molar-refractivity contribution is -0.128. The molecule has 0 bridgehead atoms. The SMILES string of the molecule is CC(C)C(=O)C1CCCCN1C.CC(C)C(=O)C1CCCN(C)C1.CC(C)C(=O)NC1CCN(C)CC1.CCN1CCN(CC(C)C)CC1. The van der Waals surface area contributed by atoms with Gasteiger partial charge >= 0.3 is 0 Å². The third kappa shape index (κ3) is 19.1. The number of likely N-dealkylation sites (N-methyl/N-ethyl adjacent to an activating group) is 2. The van der Waals surface area contributed by atoms with E-state index in [1.54, 1.807) is 0 Å². The van der Waals surface area contributed by atoms with Gasteiger partial charge in [0.25, 0.3) is 0 Å². The summed E-state index contributed by atoms with van der Waals surface area (Å²) in [4.78, 5) is 46.5. The molecule has 4 rings (SSSR count). The maximum absolute atomic E-state index is 11.7. The Hall–Kier alpha value is -1.39. The highest BCUT2D eigenvalue weighted by atomic mass is 16.2. The number of nitrogens with zero attached hydrogens (tertiary/aromatic N) is 5. The van der Waals surface area contributed by atoms with Crippen molar-refractivity contribution in [2.45, 2.75) is 119 Å². The van der Waals surface area contributed by atoms with Crippen molar-refractivity contribution in [3.63, 3.8) is 0 Å². The number of hydrogen-bond acceptors (Lipinski definition) is 8. The second kappa shape index (κ2) is 24.7.